The largest absolute Gasteiger partial charge is 0.353 e. The number of rotatable bonds is 6. The molecule has 0 spiro atoms. The maximum atomic E-state index is 12.5. The van der Waals surface area contributed by atoms with Gasteiger partial charge in [-0.1, -0.05) is 30.3 Å². The number of nitrogens with one attached hydrogen (secondary N) is 1. The van der Waals surface area contributed by atoms with Crippen molar-refractivity contribution < 1.29 is 26.5 Å². The third-order valence-corrected chi connectivity index (χ3v) is 7.24. The van der Waals surface area contributed by atoms with Crippen molar-refractivity contribution >= 4 is 32.2 Å². The van der Waals surface area contributed by atoms with Crippen molar-refractivity contribution in [2.24, 2.45) is 5.10 Å². The molecule has 11 nitrogen and oxygen atoms in total. The average molecular weight is 419 g/mol. The van der Waals surface area contributed by atoms with Gasteiger partial charge in [-0.25, -0.2) is 14.5 Å². The maximum absolute atomic E-state index is 12.5. The minimum absolute atomic E-state index is 0.276. The number of nitrogens with zero attached hydrogens (tertiary/aromatic N) is 4. The zero-order valence-electron chi connectivity index (χ0n) is 15.2. The second-order valence-electron chi connectivity index (χ2n) is 5.86. The number of benzene rings is 1. The Kier molecular flexibility index (Phi) is 6.21. The molecule has 1 aliphatic heterocycles. The van der Waals surface area contributed by atoms with Gasteiger partial charge in [0, 0.05) is 26.2 Å². The molecule has 0 aliphatic carbocycles. The molecule has 27 heavy (non-hydrogen) atoms. The zero-order valence-corrected chi connectivity index (χ0v) is 16.9. The summed E-state index contributed by atoms with van der Waals surface area (Å²) in [6.07, 6.45) is 0.418. The molecule has 0 bridgehead atoms. The highest BCUT2D eigenvalue weighted by Gasteiger charge is 2.40. The van der Waals surface area contributed by atoms with Gasteiger partial charge in [-0.05, 0) is 12.5 Å². The smallest absolute Gasteiger partial charge is 0.271 e. The van der Waals surface area contributed by atoms with E-state index in [1.54, 1.807) is 35.9 Å². The van der Waals surface area contributed by atoms with Crippen LogP contribution in [0.5, 0.6) is 0 Å². The van der Waals surface area contributed by atoms with E-state index in [0.717, 1.165) is 31.8 Å². The number of urea groups is 1. The van der Waals surface area contributed by atoms with Gasteiger partial charge in [0.1, 0.15) is 0 Å². The first kappa shape index (κ1) is 21.2. The maximum Gasteiger partial charge on any atom is 0.353 e. The molecule has 1 unspecified atom stereocenters. The van der Waals surface area contributed by atoms with Gasteiger partial charge in [0.05, 0.1) is 17.0 Å². The zero-order chi connectivity index (χ0) is 20.4. The quantitative estimate of drug-likeness (QED) is 0.666. The van der Waals surface area contributed by atoms with Crippen LogP contribution in [0.15, 0.2) is 35.4 Å². The number of hydrazone groups is 1. The average Bonchev–Trinajstić information content (AvgIpc) is 2.97. The highest BCUT2D eigenvalue weighted by atomic mass is 32.3. The number of amides is 2. The molecule has 1 N–H and O–H groups in total. The van der Waals surface area contributed by atoms with Gasteiger partial charge in [0.2, 0.25) is 0 Å². The molecule has 0 saturated carbocycles. The third-order valence-electron chi connectivity index (χ3n) is 3.67. The lowest BCUT2D eigenvalue weighted by Gasteiger charge is -2.25. The van der Waals surface area contributed by atoms with Crippen LogP contribution in [0.25, 0.3) is 0 Å². The first-order chi connectivity index (χ1) is 12.5. The fourth-order valence-corrected chi connectivity index (χ4v) is 4.97. The Morgan fingerprint density at radius 2 is 1.81 bits per heavy atom. The van der Waals surface area contributed by atoms with Crippen molar-refractivity contribution in [1.82, 2.24) is 17.9 Å². The Bertz CT molecular complexity index is 930. The number of carbonyl (C=O) groups excluding carboxylic acids is 1. The topological polar surface area (TPSA) is 129 Å². The van der Waals surface area contributed by atoms with Gasteiger partial charge in [-0.3, -0.25) is 4.84 Å². The SMILES string of the molecule is CON(S(=O)(=O)NC(=O)N1N=C(C)CC1c1ccccc1)S(=O)(=O)N(C)C. The van der Waals surface area contributed by atoms with Crippen LogP contribution in [-0.2, 0) is 25.3 Å². The molecule has 150 valence electrons. The lowest BCUT2D eigenvalue weighted by atomic mass is 10.0. The second kappa shape index (κ2) is 7.90. The fraction of sp³-hybridized carbons (Fsp3) is 0.429. The first-order valence-electron chi connectivity index (χ1n) is 7.72. The van der Waals surface area contributed by atoms with Crippen LogP contribution >= 0.6 is 0 Å². The van der Waals surface area contributed by atoms with Gasteiger partial charge in [-0.2, -0.15) is 26.2 Å². The molecule has 1 aliphatic rings. The minimum Gasteiger partial charge on any atom is -0.271 e. The van der Waals surface area contributed by atoms with Crippen molar-refractivity contribution in [3.8, 4) is 0 Å². The van der Waals surface area contributed by atoms with Crippen LogP contribution in [0.3, 0.4) is 0 Å². The van der Waals surface area contributed by atoms with Gasteiger partial charge in [0.15, 0.2) is 0 Å². The molecule has 1 aromatic rings. The fourth-order valence-electron chi connectivity index (χ4n) is 2.43. The Labute approximate surface area is 158 Å². The van der Waals surface area contributed by atoms with E-state index in [0.29, 0.717) is 16.4 Å². The molecular weight excluding hydrogens is 398 g/mol. The summed E-state index contributed by atoms with van der Waals surface area (Å²) in [7, 11) is -6.27. The third kappa shape index (κ3) is 4.44. The molecule has 1 aromatic carbocycles. The summed E-state index contributed by atoms with van der Waals surface area (Å²) in [6, 6.07) is 7.33. The van der Waals surface area contributed by atoms with E-state index in [4.69, 9.17) is 0 Å². The van der Waals surface area contributed by atoms with Crippen LogP contribution < -0.4 is 4.72 Å². The van der Waals surface area contributed by atoms with Crippen molar-refractivity contribution in [3.63, 3.8) is 0 Å². The molecule has 0 fully saturated rings. The first-order valence-corrected chi connectivity index (χ1v) is 10.6. The number of hydrogen-bond acceptors (Lipinski definition) is 7. The number of carbonyl (C=O) groups is 1. The Morgan fingerprint density at radius 3 is 2.33 bits per heavy atom. The molecule has 2 amide bonds. The van der Waals surface area contributed by atoms with Crippen LogP contribution in [0.2, 0.25) is 0 Å². The molecule has 1 atom stereocenters. The van der Waals surface area contributed by atoms with Gasteiger partial charge in [0.25, 0.3) is 0 Å². The van der Waals surface area contributed by atoms with Gasteiger partial charge >= 0.3 is 26.4 Å². The molecule has 0 radical (unpaired) electrons. The van der Waals surface area contributed by atoms with Gasteiger partial charge < -0.3 is 0 Å². The van der Waals surface area contributed by atoms with E-state index >= 15 is 0 Å². The van der Waals surface area contributed by atoms with Crippen molar-refractivity contribution in [2.45, 2.75) is 19.4 Å². The summed E-state index contributed by atoms with van der Waals surface area (Å²) in [5, 5.41) is 5.04. The Morgan fingerprint density at radius 1 is 1.22 bits per heavy atom. The lowest BCUT2D eigenvalue weighted by Crippen LogP contribution is -2.51. The van der Waals surface area contributed by atoms with E-state index in [1.807, 2.05) is 6.07 Å². The van der Waals surface area contributed by atoms with Crippen molar-refractivity contribution in [1.29, 1.82) is 0 Å². The van der Waals surface area contributed by atoms with Crippen molar-refractivity contribution in [2.75, 3.05) is 21.2 Å². The molecule has 1 heterocycles. The predicted molar refractivity (Wildman–Crippen MR) is 97.7 cm³/mol. The summed E-state index contributed by atoms with van der Waals surface area (Å²) in [6.45, 7) is 1.70. The molecule has 0 saturated heterocycles. The summed E-state index contributed by atoms with van der Waals surface area (Å²) in [4.78, 5) is 17.0. The summed E-state index contributed by atoms with van der Waals surface area (Å²) < 4.78 is 51.0. The minimum atomic E-state index is -4.86. The summed E-state index contributed by atoms with van der Waals surface area (Å²) >= 11 is 0. The van der Waals surface area contributed by atoms with Crippen LogP contribution in [-0.4, -0.2) is 63.0 Å². The Balaban J connectivity index is 2.29. The van der Waals surface area contributed by atoms with Crippen LogP contribution in [0.1, 0.15) is 24.9 Å². The molecular formula is C14H21N5O6S2. The highest BCUT2D eigenvalue weighted by Crippen LogP contribution is 2.30. The van der Waals surface area contributed by atoms with Crippen LogP contribution in [0, 0.1) is 0 Å². The van der Waals surface area contributed by atoms with E-state index in [1.165, 1.54) is 0 Å². The van der Waals surface area contributed by atoms with E-state index < -0.39 is 32.5 Å². The Hall–Kier alpha value is -2.06. The normalized spacial score (nSPS) is 18.1. The van der Waals surface area contributed by atoms with E-state index in [-0.39, 0.29) is 3.87 Å². The van der Waals surface area contributed by atoms with E-state index in [9.17, 15) is 21.6 Å². The van der Waals surface area contributed by atoms with Crippen LogP contribution in [0.4, 0.5) is 4.79 Å². The molecule has 13 heteroatoms. The monoisotopic (exact) mass is 419 g/mol. The molecule has 0 aromatic heterocycles. The highest BCUT2D eigenvalue weighted by molar-refractivity contribution is 8.02. The second-order valence-corrected chi connectivity index (χ2v) is 9.53. The summed E-state index contributed by atoms with van der Waals surface area (Å²) in [5.74, 6) is 0. The van der Waals surface area contributed by atoms with Gasteiger partial charge in [-0.15, -0.1) is 0 Å². The summed E-state index contributed by atoms with van der Waals surface area (Å²) in [5.41, 5.74) is 1.39. The predicted octanol–water partition coefficient (Wildman–Crippen LogP) is 0.433. The standard InChI is InChI=1S/C14H21N5O6S2/c1-11-10-13(12-8-6-5-7-9-12)18(15-11)14(20)16-26(21,22)19(25-4)27(23,24)17(2)3/h5-9,13H,10H2,1-4H3,(H,16,20). The van der Waals surface area contributed by atoms with Crippen molar-refractivity contribution in [3.05, 3.63) is 35.9 Å². The molecule has 2 rings (SSSR count). The lowest BCUT2D eigenvalue weighted by molar-refractivity contribution is 0.0232. The number of hydrogen-bond donors (Lipinski definition) is 1. The van der Waals surface area contributed by atoms with E-state index in [2.05, 4.69) is 9.94 Å².